The van der Waals surface area contributed by atoms with Gasteiger partial charge in [0, 0.05) is 15.5 Å². The Bertz CT molecular complexity index is 562. The van der Waals surface area contributed by atoms with Crippen LogP contribution in [-0.4, -0.2) is 26.2 Å². The van der Waals surface area contributed by atoms with Crippen LogP contribution >= 0.6 is 31.9 Å². The minimum Gasteiger partial charge on any atom is -0.393 e. The third-order valence-corrected chi connectivity index (χ3v) is 6.23. The number of sulfonamides is 1. The molecular weight excluding hydrogens is 398 g/mol. The molecule has 0 bridgehead atoms. The lowest BCUT2D eigenvalue weighted by Gasteiger charge is -2.15. The standard InChI is InChI=1S/C12H15Br2NO3S/c13-9-4-5-12(10(14)6-9)19(17,18)15-7-8-2-1-3-11(8)16/h4-6,8,11,15-16H,1-3,7H2. The smallest absolute Gasteiger partial charge is 0.241 e. The Morgan fingerprint density at radius 1 is 1.32 bits per heavy atom. The number of aliphatic hydroxyl groups excluding tert-OH is 1. The van der Waals surface area contributed by atoms with Crippen molar-refractivity contribution in [2.45, 2.75) is 30.3 Å². The predicted molar refractivity (Wildman–Crippen MR) is 80.4 cm³/mol. The maximum Gasteiger partial charge on any atom is 0.241 e. The minimum absolute atomic E-state index is 0.0176. The van der Waals surface area contributed by atoms with Gasteiger partial charge in [0.2, 0.25) is 10.0 Å². The summed E-state index contributed by atoms with van der Waals surface area (Å²) >= 11 is 6.54. The fraction of sp³-hybridized carbons (Fsp3) is 0.500. The van der Waals surface area contributed by atoms with Crippen LogP contribution in [0.3, 0.4) is 0 Å². The lowest BCUT2D eigenvalue weighted by molar-refractivity contribution is 0.134. The van der Waals surface area contributed by atoms with E-state index in [1.807, 2.05) is 0 Å². The van der Waals surface area contributed by atoms with Gasteiger partial charge in [-0.05, 0) is 52.9 Å². The molecule has 106 valence electrons. The van der Waals surface area contributed by atoms with Crippen molar-refractivity contribution >= 4 is 41.9 Å². The van der Waals surface area contributed by atoms with E-state index in [4.69, 9.17) is 0 Å². The maximum atomic E-state index is 12.2. The summed E-state index contributed by atoms with van der Waals surface area (Å²) in [4.78, 5) is 0.211. The van der Waals surface area contributed by atoms with Crippen LogP contribution in [0, 0.1) is 5.92 Å². The van der Waals surface area contributed by atoms with E-state index in [1.54, 1.807) is 18.2 Å². The van der Waals surface area contributed by atoms with Gasteiger partial charge in [0.25, 0.3) is 0 Å². The molecule has 2 N–H and O–H groups in total. The second-order valence-electron chi connectivity index (χ2n) is 4.68. The molecule has 0 aromatic heterocycles. The highest BCUT2D eigenvalue weighted by Crippen LogP contribution is 2.27. The van der Waals surface area contributed by atoms with Gasteiger partial charge >= 0.3 is 0 Å². The summed E-state index contributed by atoms with van der Waals surface area (Å²) in [6.07, 6.45) is 2.19. The zero-order valence-corrected chi connectivity index (χ0v) is 14.1. The number of aliphatic hydroxyl groups is 1. The van der Waals surface area contributed by atoms with Crippen LogP contribution in [-0.2, 0) is 10.0 Å². The molecule has 1 fully saturated rings. The third kappa shape index (κ3) is 3.78. The summed E-state index contributed by atoms with van der Waals surface area (Å²) < 4.78 is 28.3. The average molecular weight is 413 g/mol. The highest BCUT2D eigenvalue weighted by atomic mass is 79.9. The molecule has 2 atom stereocenters. The first-order valence-corrected chi connectivity index (χ1v) is 9.10. The number of nitrogens with one attached hydrogen (secondary N) is 1. The highest BCUT2D eigenvalue weighted by molar-refractivity contribution is 9.11. The summed E-state index contributed by atoms with van der Waals surface area (Å²) in [7, 11) is -3.55. The van der Waals surface area contributed by atoms with E-state index in [2.05, 4.69) is 36.6 Å². The SMILES string of the molecule is O=S(=O)(NCC1CCCC1O)c1ccc(Br)cc1Br. The van der Waals surface area contributed by atoms with Crippen LogP contribution in [0.15, 0.2) is 32.0 Å². The number of rotatable bonds is 4. The quantitative estimate of drug-likeness (QED) is 0.798. The van der Waals surface area contributed by atoms with Gasteiger partial charge in [0.15, 0.2) is 0 Å². The molecule has 4 nitrogen and oxygen atoms in total. The molecule has 7 heteroatoms. The summed E-state index contributed by atoms with van der Waals surface area (Å²) in [6.45, 7) is 0.284. The van der Waals surface area contributed by atoms with Crippen molar-refractivity contribution in [2.75, 3.05) is 6.54 Å². The maximum absolute atomic E-state index is 12.2. The van der Waals surface area contributed by atoms with E-state index in [-0.39, 0.29) is 17.4 Å². The summed E-state index contributed by atoms with van der Waals surface area (Å²) in [6, 6.07) is 4.92. The van der Waals surface area contributed by atoms with Crippen molar-refractivity contribution in [1.82, 2.24) is 4.72 Å². The Hall–Kier alpha value is 0.0500. The van der Waals surface area contributed by atoms with E-state index in [0.717, 1.165) is 23.7 Å². The fourth-order valence-electron chi connectivity index (χ4n) is 2.24. The Kier molecular flexibility index (Phi) is 5.05. The molecule has 0 spiro atoms. The summed E-state index contributed by atoms with van der Waals surface area (Å²) in [5.74, 6) is 0.0176. The van der Waals surface area contributed by atoms with Crippen molar-refractivity contribution in [3.63, 3.8) is 0 Å². The van der Waals surface area contributed by atoms with Gasteiger partial charge < -0.3 is 5.11 Å². The van der Waals surface area contributed by atoms with Crippen LogP contribution in [0.1, 0.15) is 19.3 Å². The molecule has 1 aliphatic rings. The third-order valence-electron chi connectivity index (χ3n) is 3.34. The largest absolute Gasteiger partial charge is 0.393 e. The molecule has 1 aromatic carbocycles. The minimum atomic E-state index is -3.55. The Morgan fingerprint density at radius 2 is 2.05 bits per heavy atom. The molecule has 0 heterocycles. The Labute approximate surface area is 129 Å². The number of hydrogen-bond donors (Lipinski definition) is 2. The zero-order chi connectivity index (χ0) is 14.0. The van der Waals surface area contributed by atoms with Gasteiger partial charge in [-0.1, -0.05) is 22.4 Å². The van der Waals surface area contributed by atoms with E-state index >= 15 is 0 Å². The van der Waals surface area contributed by atoms with Gasteiger partial charge in [0.1, 0.15) is 0 Å². The molecule has 1 aromatic rings. The molecule has 0 saturated heterocycles. The molecule has 1 saturated carbocycles. The van der Waals surface area contributed by atoms with E-state index < -0.39 is 16.1 Å². The first kappa shape index (κ1) is 15.4. The van der Waals surface area contributed by atoms with Gasteiger partial charge in [0.05, 0.1) is 11.0 Å². The van der Waals surface area contributed by atoms with Gasteiger partial charge in [-0.15, -0.1) is 0 Å². The Morgan fingerprint density at radius 3 is 2.63 bits per heavy atom. The first-order chi connectivity index (χ1) is 8.90. The van der Waals surface area contributed by atoms with Crippen molar-refractivity contribution in [3.8, 4) is 0 Å². The van der Waals surface area contributed by atoms with E-state index in [0.29, 0.717) is 4.47 Å². The van der Waals surface area contributed by atoms with Crippen LogP contribution in [0.4, 0.5) is 0 Å². The molecule has 1 aliphatic carbocycles. The lowest BCUT2D eigenvalue weighted by atomic mass is 10.1. The van der Waals surface area contributed by atoms with Crippen LogP contribution < -0.4 is 4.72 Å². The van der Waals surface area contributed by atoms with Crippen LogP contribution in [0.5, 0.6) is 0 Å². The van der Waals surface area contributed by atoms with Gasteiger partial charge in [-0.25, -0.2) is 13.1 Å². The van der Waals surface area contributed by atoms with Crippen molar-refractivity contribution in [1.29, 1.82) is 0 Å². The molecule has 0 amide bonds. The van der Waals surface area contributed by atoms with E-state index in [9.17, 15) is 13.5 Å². The van der Waals surface area contributed by atoms with Gasteiger partial charge in [-0.2, -0.15) is 0 Å². The molecule has 2 unspecified atom stereocenters. The number of benzene rings is 1. The van der Waals surface area contributed by atoms with Crippen LogP contribution in [0.2, 0.25) is 0 Å². The Balaban J connectivity index is 2.09. The van der Waals surface area contributed by atoms with Crippen molar-refractivity contribution in [2.24, 2.45) is 5.92 Å². The van der Waals surface area contributed by atoms with Crippen LogP contribution in [0.25, 0.3) is 0 Å². The molecule has 0 radical (unpaired) electrons. The molecular formula is C12H15Br2NO3S. The number of halogens is 2. The second-order valence-corrected chi connectivity index (χ2v) is 8.19. The van der Waals surface area contributed by atoms with E-state index in [1.165, 1.54) is 0 Å². The fourth-order valence-corrected chi connectivity index (χ4v) is 5.08. The molecule has 2 rings (SSSR count). The van der Waals surface area contributed by atoms with Crippen molar-refractivity contribution < 1.29 is 13.5 Å². The molecule has 19 heavy (non-hydrogen) atoms. The number of hydrogen-bond acceptors (Lipinski definition) is 3. The summed E-state index contributed by atoms with van der Waals surface area (Å²) in [5, 5.41) is 9.70. The zero-order valence-electron chi connectivity index (χ0n) is 10.1. The van der Waals surface area contributed by atoms with Crippen molar-refractivity contribution in [3.05, 3.63) is 27.1 Å². The van der Waals surface area contributed by atoms with Gasteiger partial charge in [-0.3, -0.25) is 0 Å². The monoisotopic (exact) mass is 411 g/mol. The summed E-state index contributed by atoms with van der Waals surface area (Å²) in [5.41, 5.74) is 0. The second kappa shape index (κ2) is 6.22. The highest BCUT2D eigenvalue weighted by Gasteiger charge is 2.27. The topological polar surface area (TPSA) is 66.4 Å². The predicted octanol–water partition coefficient (Wildman–Crippen LogP) is 2.65. The lowest BCUT2D eigenvalue weighted by Crippen LogP contribution is -2.32. The average Bonchev–Trinajstić information content (AvgIpc) is 2.72. The molecule has 0 aliphatic heterocycles. The first-order valence-electron chi connectivity index (χ1n) is 6.03. The normalized spacial score (nSPS) is 23.7.